The first-order valence-corrected chi connectivity index (χ1v) is 7.70. The van der Waals surface area contributed by atoms with Crippen molar-refractivity contribution in [3.8, 4) is 0 Å². The number of carbonyl (C=O) groups is 1. The van der Waals surface area contributed by atoms with Crippen molar-refractivity contribution < 1.29 is 9.32 Å². The average Bonchev–Trinajstić information content (AvgIpc) is 2.80. The van der Waals surface area contributed by atoms with Gasteiger partial charge in [-0.1, -0.05) is 24.1 Å². The molecule has 116 valence electrons. The molecule has 0 bridgehead atoms. The van der Waals surface area contributed by atoms with Crippen LogP contribution in [0.5, 0.6) is 0 Å². The van der Waals surface area contributed by atoms with Crippen molar-refractivity contribution in [1.29, 1.82) is 0 Å². The summed E-state index contributed by atoms with van der Waals surface area (Å²) < 4.78 is 5.10. The lowest BCUT2D eigenvalue weighted by atomic mass is 10.1. The molecule has 0 aliphatic carbocycles. The minimum absolute atomic E-state index is 0.0574. The zero-order valence-electron chi connectivity index (χ0n) is 13.0. The first-order valence-electron chi connectivity index (χ1n) is 7.70. The number of aromatic nitrogens is 3. The first kappa shape index (κ1) is 14.7. The molecule has 0 aromatic carbocycles. The molecule has 2 aromatic rings. The molecule has 0 saturated carbocycles. The number of aryl methyl sites for hydroxylation is 2. The number of nitrogens with zero attached hydrogens (tertiary/aromatic N) is 4. The minimum atomic E-state index is -0.130. The Morgan fingerprint density at radius 2 is 2.09 bits per heavy atom. The van der Waals surface area contributed by atoms with Crippen LogP contribution >= 0.6 is 0 Å². The quantitative estimate of drug-likeness (QED) is 0.852. The number of carbonyl (C=O) groups excluding carboxylic acids is 1. The monoisotopic (exact) mass is 300 g/mol. The summed E-state index contributed by atoms with van der Waals surface area (Å²) in [7, 11) is 0. The molecule has 1 atom stereocenters. The van der Waals surface area contributed by atoms with E-state index < -0.39 is 0 Å². The number of pyridine rings is 1. The Balaban J connectivity index is 1.91. The van der Waals surface area contributed by atoms with E-state index in [0.29, 0.717) is 24.0 Å². The molecular weight excluding hydrogens is 280 g/mol. The Labute approximate surface area is 129 Å². The van der Waals surface area contributed by atoms with Gasteiger partial charge in [0.25, 0.3) is 5.91 Å². The van der Waals surface area contributed by atoms with Crippen molar-refractivity contribution in [2.75, 3.05) is 6.54 Å². The lowest BCUT2D eigenvalue weighted by Crippen LogP contribution is -2.36. The molecule has 1 amide bonds. The Morgan fingerprint density at radius 3 is 2.82 bits per heavy atom. The van der Waals surface area contributed by atoms with E-state index in [1.54, 1.807) is 13.0 Å². The van der Waals surface area contributed by atoms with Gasteiger partial charge < -0.3 is 9.42 Å². The molecular formula is C16H20N4O2. The molecule has 3 heterocycles. The number of hydrogen-bond donors (Lipinski definition) is 0. The highest BCUT2D eigenvalue weighted by Crippen LogP contribution is 2.29. The number of hydrogen-bond acceptors (Lipinski definition) is 5. The van der Waals surface area contributed by atoms with Crippen LogP contribution in [0.2, 0.25) is 0 Å². The van der Waals surface area contributed by atoms with Gasteiger partial charge in [0.05, 0.1) is 6.04 Å². The van der Waals surface area contributed by atoms with E-state index in [0.717, 1.165) is 31.4 Å². The van der Waals surface area contributed by atoms with Crippen LogP contribution in [-0.2, 0) is 0 Å². The van der Waals surface area contributed by atoms with E-state index in [-0.39, 0.29) is 11.9 Å². The molecule has 6 nitrogen and oxygen atoms in total. The molecule has 0 unspecified atom stereocenters. The Hall–Kier alpha value is -2.24. The summed E-state index contributed by atoms with van der Waals surface area (Å²) in [5, 5.41) is 4.02. The van der Waals surface area contributed by atoms with E-state index in [2.05, 4.69) is 15.1 Å². The highest BCUT2D eigenvalue weighted by molar-refractivity contribution is 5.92. The van der Waals surface area contributed by atoms with Crippen LogP contribution in [0.1, 0.15) is 59.6 Å². The third-order valence-electron chi connectivity index (χ3n) is 3.96. The molecule has 3 rings (SSSR count). The fourth-order valence-corrected chi connectivity index (χ4v) is 2.88. The highest BCUT2D eigenvalue weighted by Gasteiger charge is 2.31. The molecule has 1 aliphatic heterocycles. The van der Waals surface area contributed by atoms with Crippen LogP contribution in [-0.4, -0.2) is 32.5 Å². The zero-order chi connectivity index (χ0) is 15.5. The minimum Gasteiger partial charge on any atom is -0.340 e. The second kappa shape index (κ2) is 6.25. The van der Waals surface area contributed by atoms with E-state index in [9.17, 15) is 4.79 Å². The van der Waals surface area contributed by atoms with Gasteiger partial charge in [-0.2, -0.15) is 4.98 Å². The van der Waals surface area contributed by atoms with Gasteiger partial charge in [-0.3, -0.25) is 4.79 Å². The SMILES string of the molecule is Cc1cccc(C(=O)N2CCCCC[C@H]2c2noc(C)n2)n1. The summed E-state index contributed by atoms with van der Waals surface area (Å²) in [6, 6.07) is 5.38. The van der Waals surface area contributed by atoms with Gasteiger partial charge in [0, 0.05) is 19.2 Å². The summed E-state index contributed by atoms with van der Waals surface area (Å²) >= 11 is 0. The fourth-order valence-electron chi connectivity index (χ4n) is 2.88. The third kappa shape index (κ3) is 3.00. The Morgan fingerprint density at radius 1 is 1.23 bits per heavy atom. The maximum absolute atomic E-state index is 12.9. The summed E-state index contributed by atoms with van der Waals surface area (Å²) in [6.45, 7) is 4.35. The number of amides is 1. The molecule has 22 heavy (non-hydrogen) atoms. The van der Waals surface area contributed by atoms with Gasteiger partial charge in [0.2, 0.25) is 5.89 Å². The Kier molecular flexibility index (Phi) is 4.18. The number of rotatable bonds is 2. The lowest BCUT2D eigenvalue weighted by molar-refractivity contribution is 0.0664. The van der Waals surface area contributed by atoms with Gasteiger partial charge in [0.1, 0.15) is 5.69 Å². The average molecular weight is 300 g/mol. The van der Waals surface area contributed by atoms with Crippen molar-refractivity contribution in [3.05, 3.63) is 41.3 Å². The van der Waals surface area contributed by atoms with Crippen molar-refractivity contribution in [1.82, 2.24) is 20.0 Å². The molecule has 0 radical (unpaired) electrons. The van der Waals surface area contributed by atoms with Crippen LogP contribution in [0.4, 0.5) is 0 Å². The van der Waals surface area contributed by atoms with Gasteiger partial charge in [-0.25, -0.2) is 4.98 Å². The molecule has 1 fully saturated rings. The number of likely N-dealkylation sites (tertiary alicyclic amines) is 1. The van der Waals surface area contributed by atoms with E-state index in [1.165, 1.54) is 0 Å². The fraction of sp³-hybridized carbons (Fsp3) is 0.500. The van der Waals surface area contributed by atoms with Crippen LogP contribution in [0.3, 0.4) is 0 Å². The normalized spacial score (nSPS) is 19.0. The van der Waals surface area contributed by atoms with Crippen LogP contribution in [0.15, 0.2) is 22.7 Å². The van der Waals surface area contributed by atoms with Gasteiger partial charge in [-0.05, 0) is 31.9 Å². The summed E-state index contributed by atoms with van der Waals surface area (Å²) in [6.07, 6.45) is 4.02. The van der Waals surface area contributed by atoms with Crippen LogP contribution in [0.25, 0.3) is 0 Å². The van der Waals surface area contributed by atoms with Gasteiger partial charge in [-0.15, -0.1) is 0 Å². The van der Waals surface area contributed by atoms with Gasteiger partial charge in [0.15, 0.2) is 5.82 Å². The lowest BCUT2D eigenvalue weighted by Gasteiger charge is -2.27. The topological polar surface area (TPSA) is 72.1 Å². The molecule has 2 aromatic heterocycles. The van der Waals surface area contributed by atoms with Crippen molar-refractivity contribution >= 4 is 5.91 Å². The molecule has 0 N–H and O–H groups in total. The maximum atomic E-state index is 12.9. The summed E-state index contributed by atoms with van der Waals surface area (Å²) in [5.74, 6) is 1.07. The predicted octanol–water partition coefficient (Wildman–Crippen LogP) is 2.84. The molecule has 0 spiro atoms. The second-order valence-corrected chi connectivity index (χ2v) is 5.70. The smallest absolute Gasteiger partial charge is 0.273 e. The summed E-state index contributed by atoms with van der Waals surface area (Å²) in [5.41, 5.74) is 1.32. The highest BCUT2D eigenvalue weighted by atomic mass is 16.5. The standard InChI is InChI=1S/C16H20N4O2/c1-11-7-6-8-13(17-11)16(21)20-10-5-3-4-9-14(20)15-18-12(2)22-19-15/h6-8,14H,3-5,9-10H2,1-2H3/t14-/m0/s1. The van der Waals surface area contributed by atoms with E-state index in [1.807, 2.05) is 24.0 Å². The third-order valence-corrected chi connectivity index (χ3v) is 3.96. The molecule has 1 saturated heterocycles. The van der Waals surface area contributed by atoms with Crippen molar-refractivity contribution in [2.45, 2.75) is 45.6 Å². The van der Waals surface area contributed by atoms with E-state index in [4.69, 9.17) is 4.52 Å². The largest absolute Gasteiger partial charge is 0.340 e. The van der Waals surface area contributed by atoms with Crippen molar-refractivity contribution in [2.24, 2.45) is 0 Å². The zero-order valence-corrected chi connectivity index (χ0v) is 13.0. The molecule has 6 heteroatoms. The first-order chi connectivity index (χ1) is 10.6. The van der Waals surface area contributed by atoms with Crippen LogP contribution in [0, 0.1) is 13.8 Å². The maximum Gasteiger partial charge on any atom is 0.273 e. The second-order valence-electron chi connectivity index (χ2n) is 5.70. The van der Waals surface area contributed by atoms with E-state index >= 15 is 0 Å². The predicted molar refractivity (Wildman–Crippen MR) is 80.3 cm³/mol. The molecule has 1 aliphatic rings. The summed E-state index contributed by atoms with van der Waals surface area (Å²) in [4.78, 5) is 23.4. The van der Waals surface area contributed by atoms with Crippen molar-refractivity contribution in [3.63, 3.8) is 0 Å². The Bertz CT molecular complexity index is 668. The van der Waals surface area contributed by atoms with Gasteiger partial charge >= 0.3 is 0 Å². The van der Waals surface area contributed by atoms with Crippen LogP contribution < -0.4 is 0 Å².